The molecule has 0 bridgehead atoms. The summed E-state index contributed by atoms with van der Waals surface area (Å²) in [5, 5.41) is 12.6. The summed E-state index contributed by atoms with van der Waals surface area (Å²) in [5.41, 5.74) is 6.62. The number of carbonyl (C=O) groups is 1. The van der Waals surface area contributed by atoms with Gasteiger partial charge in [0.25, 0.3) is 5.91 Å². The molecule has 1 aliphatic heterocycles. The zero-order valence-electron chi connectivity index (χ0n) is 14.2. The number of aliphatic hydroxyl groups excluding tert-OH is 1. The van der Waals surface area contributed by atoms with Crippen molar-refractivity contribution in [1.82, 2.24) is 0 Å². The first-order chi connectivity index (χ1) is 12.2. The SMILES string of the molecule is CCO[C@@H]1OC(C(N)=O)=C[C@H](c2csc3ccccc23)[C@H]1CCCO. The second kappa shape index (κ2) is 7.99. The molecule has 3 rings (SSSR count). The van der Waals surface area contributed by atoms with Crippen molar-refractivity contribution in [3.63, 3.8) is 0 Å². The van der Waals surface area contributed by atoms with Crippen LogP contribution in [0.3, 0.4) is 0 Å². The van der Waals surface area contributed by atoms with Crippen LogP contribution >= 0.6 is 11.3 Å². The minimum atomic E-state index is -0.588. The molecular formula is C19H23NO4S. The maximum atomic E-state index is 11.7. The Kier molecular flexibility index (Phi) is 5.73. The third-order valence-corrected chi connectivity index (χ3v) is 5.51. The second-order valence-electron chi connectivity index (χ2n) is 6.08. The standard InChI is InChI=1S/C19H23NO4S/c1-2-23-19-13(7-5-9-21)14(10-16(24-19)18(20)22)15-11-25-17-8-4-3-6-12(15)17/h3-4,6,8,10-11,13-14,19,21H,2,5,7,9H2,1H3,(H2,20,22)/t13-,14+,19-/m1/s1. The van der Waals surface area contributed by atoms with Gasteiger partial charge in [-0.1, -0.05) is 18.2 Å². The van der Waals surface area contributed by atoms with Crippen molar-refractivity contribution in [2.75, 3.05) is 13.2 Å². The number of thiophene rings is 1. The van der Waals surface area contributed by atoms with Crippen molar-refractivity contribution in [3.05, 3.63) is 47.0 Å². The van der Waals surface area contributed by atoms with E-state index >= 15 is 0 Å². The molecule has 3 atom stereocenters. The molecule has 5 nitrogen and oxygen atoms in total. The molecule has 0 saturated carbocycles. The van der Waals surface area contributed by atoms with Gasteiger partial charge in [-0.15, -0.1) is 11.3 Å². The first-order valence-electron chi connectivity index (χ1n) is 8.52. The fourth-order valence-corrected chi connectivity index (χ4v) is 4.40. The van der Waals surface area contributed by atoms with E-state index in [1.54, 1.807) is 11.3 Å². The summed E-state index contributed by atoms with van der Waals surface area (Å²) in [6.07, 6.45) is 2.65. The number of primary amides is 1. The van der Waals surface area contributed by atoms with Crippen LogP contribution in [0.15, 0.2) is 41.5 Å². The van der Waals surface area contributed by atoms with Crippen molar-refractivity contribution in [2.45, 2.75) is 32.0 Å². The number of rotatable bonds is 7. The van der Waals surface area contributed by atoms with Crippen LogP contribution in [0, 0.1) is 5.92 Å². The second-order valence-corrected chi connectivity index (χ2v) is 6.99. The van der Waals surface area contributed by atoms with Gasteiger partial charge in [0, 0.05) is 29.7 Å². The number of carbonyl (C=O) groups excluding carboxylic acids is 1. The summed E-state index contributed by atoms with van der Waals surface area (Å²) < 4.78 is 12.7. The molecule has 0 radical (unpaired) electrons. The van der Waals surface area contributed by atoms with E-state index in [0.29, 0.717) is 13.0 Å². The number of nitrogens with two attached hydrogens (primary N) is 1. The molecule has 0 fully saturated rings. The third-order valence-electron chi connectivity index (χ3n) is 4.52. The molecule has 0 aliphatic carbocycles. The Morgan fingerprint density at radius 2 is 2.20 bits per heavy atom. The van der Waals surface area contributed by atoms with E-state index in [9.17, 15) is 9.90 Å². The summed E-state index contributed by atoms with van der Waals surface area (Å²) in [6, 6.07) is 8.21. The Balaban J connectivity index is 2.06. The summed E-state index contributed by atoms with van der Waals surface area (Å²) in [6.45, 7) is 2.48. The van der Waals surface area contributed by atoms with E-state index in [1.807, 2.05) is 25.1 Å². The van der Waals surface area contributed by atoms with Crippen LogP contribution in [0.2, 0.25) is 0 Å². The van der Waals surface area contributed by atoms with Crippen molar-refractivity contribution >= 4 is 27.3 Å². The maximum absolute atomic E-state index is 11.7. The predicted molar refractivity (Wildman–Crippen MR) is 98.2 cm³/mol. The van der Waals surface area contributed by atoms with Gasteiger partial charge in [-0.25, -0.2) is 0 Å². The van der Waals surface area contributed by atoms with Crippen molar-refractivity contribution in [1.29, 1.82) is 0 Å². The van der Waals surface area contributed by atoms with Crippen molar-refractivity contribution < 1.29 is 19.4 Å². The van der Waals surface area contributed by atoms with Gasteiger partial charge in [0.05, 0.1) is 0 Å². The van der Waals surface area contributed by atoms with E-state index in [0.717, 1.165) is 12.0 Å². The molecule has 2 heterocycles. The lowest BCUT2D eigenvalue weighted by Gasteiger charge is -2.36. The molecule has 25 heavy (non-hydrogen) atoms. The molecule has 1 amide bonds. The third kappa shape index (κ3) is 3.71. The van der Waals surface area contributed by atoms with Crippen LogP contribution in [0.25, 0.3) is 10.1 Å². The van der Waals surface area contributed by atoms with Crippen LogP contribution in [0.4, 0.5) is 0 Å². The van der Waals surface area contributed by atoms with Gasteiger partial charge < -0.3 is 20.3 Å². The van der Waals surface area contributed by atoms with Gasteiger partial charge in [0.2, 0.25) is 6.29 Å². The van der Waals surface area contributed by atoms with E-state index in [4.69, 9.17) is 15.2 Å². The van der Waals surface area contributed by atoms with E-state index in [-0.39, 0.29) is 24.2 Å². The van der Waals surface area contributed by atoms with Crippen LogP contribution in [-0.4, -0.2) is 30.5 Å². The van der Waals surface area contributed by atoms with Crippen LogP contribution < -0.4 is 5.73 Å². The highest BCUT2D eigenvalue weighted by Gasteiger charge is 2.38. The molecule has 1 aromatic heterocycles. The average molecular weight is 361 g/mol. The number of hydrogen-bond donors (Lipinski definition) is 2. The number of aliphatic hydroxyl groups is 1. The van der Waals surface area contributed by atoms with Crippen LogP contribution in [0.5, 0.6) is 0 Å². The summed E-state index contributed by atoms with van der Waals surface area (Å²) in [5.74, 6) is -0.475. The number of ether oxygens (including phenoxy) is 2. The molecular weight excluding hydrogens is 338 g/mol. The largest absolute Gasteiger partial charge is 0.459 e. The molecule has 0 spiro atoms. The molecule has 1 aliphatic rings. The number of hydrogen-bond acceptors (Lipinski definition) is 5. The monoisotopic (exact) mass is 361 g/mol. The van der Waals surface area contributed by atoms with Crippen LogP contribution in [0.1, 0.15) is 31.2 Å². The highest BCUT2D eigenvalue weighted by atomic mass is 32.1. The number of amides is 1. The van der Waals surface area contributed by atoms with Crippen LogP contribution in [-0.2, 0) is 14.3 Å². The van der Waals surface area contributed by atoms with Gasteiger partial charge in [0.15, 0.2) is 5.76 Å². The van der Waals surface area contributed by atoms with E-state index in [1.165, 1.54) is 10.1 Å². The lowest BCUT2D eigenvalue weighted by atomic mass is 9.80. The molecule has 0 unspecified atom stereocenters. The molecule has 134 valence electrons. The normalized spacial score (nSPS) is 23.3. The van der Waals surface area contributed by atoms with Gasteiger partial charge >= 0.3 is 0 Å². The average Bonchev–Trinajstić information content (AvgIpc) is 3.04. The minimum absolute atomic E-state index is 0.00760. The van der Waals surface area contributed by atoms with Crippen molar-refractivity contribution in [3.8, 4) is 0 Å². The molecule has 0 saturated heterocycles. The molecule has 6 heteroatoms. The first-order valence-corrected chi connectivity index (χ1v) is 9.40. The topological polar surface area (TPSA) is 81.8 Å². The molecule has 1 aromatic carbocycles. The molecule has 2 aromatic rings. The zero-order chi connectivity index (χ0) is 17.8. The number of allylic oxidation sites excluding steroid dienone is 1. The fraction of sp³-hybridized carbons (Fsp3) is 0.421. The lowest BCUT2D eigenvalue weighted by Crippen LogP contribution is -2.37. The summed E-state index contributed by atoms with van der Waals surface area (Å²) in [4.78, 5) is 11.7. The Morgan fingerprint density at radius 1 is 1.40 bits per heavy atom. The van der Waals surface area contributed by atoms with Gasteiger partial charge in [-0.2, -0.15) is 0 Å². The number of fused-ring (bicyclic) bond motifs is 1. The lowest BCUT2D eigenvalue weighted by molar-refractivity contribution is -0.165. The van der Waals surface area contributed by atoms with E-state index in [2.05, 4.69) is 17.5 Å². The highest BCUT2D eigenvalue weighted by Crippen LogP contribution is 2.43. The van der Waals surface area contributed by atoms with Gasteiger partial charge in [0.1, 0.15) is 0 Å². The predicted octanol–water partition coefficient (Wildman–Crippen LogP) is 3.14. The maximum Gasteiger partial charge on any atom is 0.283 e. The van der Waals surface area contributed by atoms with Gasteiger partial charge in [-0.05, 0) is 48.2 Å². The Morgan fingerprint density at radius 3 is 2.92 bits per heavy atom. The fourth-order valence-electron chi connectivity index (χ4n) is 3.39. The summed E-state index contributed by atoms with van der Waals surface area (Å²) >= 11 is 1.68. The first kappa shape index (κ1) is 17.9. The van der Waals surface area contributed by atoms with Gasteiger partial charge in [-0.3, -0.25) is 4.79 Å². The van der Waals surface area contributed by atoms with E-state index < -0.39 is 12.2 Å². The Labute approximate surface area is 151 Å². The quantitative estimate of drug-likeness (QED) is 0.794. The summed E-state index contributed by atoms with van der Waals surface area (Å²) in [7, 11) is 0. The number of benzene rings is 1. The molecule has 3 N–H and O–H groups in total. The minimum Gasteiger partial charge on any atom is -0.459 e. The Hall–Kier alpha value is -1.89. The Bertz CT molecular complexity index is 770. The van der Waals surface area contributed by atoms with Crippen molar-refractivity contribution in [2.24, 2.45) is 11.7 Å². The smallest absolute Gasteiger partial charge is 0.283 e. The zero-order valence-corrected chi connectivity index (χ0v) is 15.0. The highest BCUT2D eigenvalue weighted by molar-refractivity contribution is 7.17.